The van der Waals surface area contributed by atoms with E-state index in [9.17, 15) is 0 Å². The van der Waals surface area contributed by atoms with E-state index in [1.54, 1.807) is 47.6 Å². The molecule has 0 saturated heterocycles. The normalized spacial score (nSPS) is 13.5. The van der Waals surface area contributed by atoms with Gasteiger partial charge in [0, 0.05) is 35.2 Å². The minimum atomic E-state index is -0.155. The molecule has 0 amide bonds. The fourth-order valence-electron chi connectivity index (χ4n) is 2.85. The van der Waals surface area contributed by atoms with Gasteiger partial charge in [0.2, 0.25) is 0 Å². The van der Waals surface area contributed by atoms with E-state index in [0.717, 1.165) is 76.0 Å². The lowest BCUT2D eigenvalue weighted by atomic mass is 9.82. The quantitative estimate of drug-likeness (QED) is 0.0352. The van der Waals surface area contributed by atoms with Gasteiger partial charge in [-0.25, -0.2) is 9.98 Å². The summed E-state index contributed by atoms with van der Waals surface area (Å²) in [5.41, 5.74) is 0. The van der Waals surface area contributed by atoms with Crippen molar-refractivity contribution in [2.24, 2.45) is 9.98 Å². The second-order valence-electron chi connectivity index (χ2n) is 10.1. The Bertz CT molecular complexity index is 700. The molecule has 0 aromatic rings. The van der Waals surface area contributed by atoms with Gasteiger partial charge in [0.25, 0.3) is 0 Å². The van der Waals surface area contributed by atoms with Crippen molar-refractivity contribution in [2.45, 2.75) is 126 Å². The predicted octanol–water partition coefficient (Wildman–Crippen LogP) is 9.87. The molecule has 0 bridgehead atoms. The molecule has 0 unspecified atom stereocenters. The highest BCUT2D eigenvalue weighted by molar-refractivity contribution is 8.15. The van der Waals surface area contributed by atoms with Crippen LogP contribution in [0, 0.1) is 0 Å². The molecule has 0 N–H and O–H groups in total. The highest BCUT2D eigenvalue weighted by Gasteiger charge is 2.20. The Kier molecular flexibility index (Phi) is 27.8. The van der Waals surface area contributed by atoms with Crippen molar-refractivity contribution in [3.63, 3.8) is 0 Å². The SMILES string of the molecule is CC/C=C(/N=C(\N=C(/C)SCCCB(OC(C)C)OC(C)C)SCCCSOC(C)C)SCCCSOC(C)C. The van der Waals surface area contributed by atoms with Gasteiger partial charge in [-0.3, -0.25) is 0 Å². The molecule has 0 saturated carbocycles. The molecule has 0 aliphatic heterocycles. The summed E-state index contributed by atoms with van der Waals surface area (Å²) >= 11 is 8.43. The van der Waals surface area contributed by atoms with Crippen LogP contribution in [-0.2, 0) is 17.7 Å². The number of aliphatic imine (C=N–C) groups is 2. The van der Waals surface area contributed by atoms with Crippen LogP contribution in [0.3, 0.4) is 0 Å². The van der Waals surface area contributed by atoms with Crippen LogP contribution in [0.15, 0.2) is 21.1 Å². The molecule has 0 aliphatic rings. The molecule has 0 aromatic carbocycles. The van der Waals surface area contributed by atoms with Crippen LogP contribution in [0.2, 0.25) is 6.32 Å². The van der Waals surface area contributed by atoms with Gasteiger partial charge in [-0.1, -0.05) is 24.8 Å². The molecule has 12 heteroatoms. The molecule has 40 heavy (non-hydrogen) atoms. The van der Waals surface area contributed by atoms with Crippen LogP contribution in [0.4, 0.5) is 0 Å². The third-order valence-corrected chi connectivity index (χ3v) is 9.26. The van der Waals surface area contributed by atoms with Gasteiger partial charge in [0.1, 0.15) is 0 Å². The molecule has 0 rings (SSSR count). The molecule has 0 heterocycles. The van der Waals surface area contributed by atoms with E-state index in [0.29, 0.717) is 0 Å². The number of nitrogens with zero attached hydrogens (tertiary/aromatic N) is 2. The van der Waals surface area contributed by atoms with Gasteiger partial charge in [0.05, 0.1) is 22.3 Å². The van der Waals surface area contributed by atoms with E-state index in [1.807, 2.05) is 11.8 Å². The van der Waals surface area contributed by atoms with Crippen LogP contribution in [0.1, 0.15) is 94.9 Å². The van der Waals surface area contributed by atoms with Gasteiger partial charge >= 0.3 is 7.12 Å². The first-order valence-electron chi connectivity index (χ1n) is 14.6. The maximum absolute atomic E-state index is 5.94. The first kappa shape index (κ1) is 40.7. The summed E-state index contributed by atoms with van der Waals surface area (Å²) in [6, 6.07) is 0. The Balaban J connectivity index is 5.09. The van der Waals surface area contributed by atoms with E-state index < -0.39 is 0 Å². The summed E-state index contributed by atoms with van der Waals surface area (Å²) in [5.74, 6) is 4.91. The Labute approximate surface area is 268 Å². The summed E-state index contributed by atoms with van der Waals surface area (Å²) in [5, 5.41) is 2.94. The van der Waals surface area contributed by atoms with E-state index in [4.69, 9.17) is 27.7 Å². The minimum absolute atomic E-state index is 0.154. The fourth-order valence-corrected chi connectivity index (χ4v) is 7.12. The van der Waals surface area contributed by atoms with Crippen molar-refractivity contribution in [2.75, 3.05) is 28.8 Å². The number of allylic oxidation sites excluding steroid dienone is 1. The van der Waals surface area contributed by atoms with E-state index in [1.165, 1.54) is 0 Å². The highest BCUT2D eigenvalue weighted by Crippen LogP contribution is 2.24. The van der Waals surface area contributed by atoms with Gasteiger partial charge < -0.3 is 17.7 Å². The lowest BCUT2D eigenvalue weighted by Gasteiger charge is -2.19. The molecular weight excluding hydrogens is 599 g/mol. The van der Waals surface area contributed by atoms with Crippen LogP contribution in [-0.4, -0.2) is 70.5 Å². The van der Waals surface area contributed by atoms with Gasteiger partial charge in [-0.05, 0) is 124 Å². The highest BCUT2D eigenvalue weighted by atomic mass is 32.2. The fraction of sp³-hybridized carbons (Fsp3) is 0.857. The minimum Gasteiger partial charge on any atom is -0.409 e. The van der Waals surface area contributed by atoms with E-state index in [-0.39, 0.29) is 31.5 Å². The second-order valence-corrected chi connectivity index (χ2v) is 15.2. The number of rotatable bonds is 23. The van der Waals surface area contributed by atoms with Gasteiger partial charge in [0.15, 0.2) is 5.17 Å². The smallest absolute Gasteiger partial charge is 0.409 e. The first-order chi connectivity index (χ1) is 19.0. The third-order valence-electron chi connectivity index (χ3n) is 4.33. The van der Waals surface area contributed by atoms with Crippen LogP contribution < -0.4 is 0 Å². The monoisotopic (exact) mass is 654 g/mol. The predicted molar refractivity (Wildman–Crippen MR) is 191 cm³/mol. The zero-order chi connectivity index (χ0) is 30.2. The van der Waals surface area contributed by atoms with Crippen molar-refractivity contribution >= 4 is 76.7 Å². The molecule has 0 aliphatic carbocycles. The Morgan fingerprint density at radius 2 is 1.20 bits per heavy atom. The topological polar surface area (TPSA) is 61.6 Å². The summed E-state index contributed by atoms with van der Waals surface area (Å²) in [4.78, 5) is 9.96. The van der Waals surface area contributed by atoms with Crippen molar-refractivity contribution in [1.82, 2.24) is 0 Å². The van der Waals surface area contributed by atoms with Crippen LogP contribution >= 0.6 is 59.4 Å². The number of amidine groups is 1. The van der Waals surface area contributed by atoms with Crippen molar-refractivity contribution < 1.29 is 17.7 Å². The zero-order valence-corrected chi connectivity index (χ0v) is 30.7. The summed E-state index contributed by atoms with van der Waals surface area (Å²) < 4.78 is 23.1. The summed E-state index contributed by atoms with van der Waals surface area (Å²) in [7, 11) is -0.155. The van der Waals surface area contributed by atoms with Crippen molar-refractivity contribution in [1.29, 1.82) is 0 Å². The molecule has 0 spiro atoms. The summed E-state index contributed by atoms with van der Waals surface area (Å²) in [6.07, 6.45) is 7.98. The number of thioether (sulfide) groups is 3. The number of hydrogen-bond donors (Lipinski definition) is 0. The molecule has 0 radical (unpaired) electrons. The maximum Gasteiger partial charge on any atom is 0.457 e. The van der Waals surface area contributed by atoms with Gasteiger partial charge in [-0.15, -0.1) is 23.5 Å². The average molecular weight is 655 g/mol. The first-order valence-corrected chi connectivity index (χ1v) is 19.4. The molecule has 0 aromatic heterocycles. The maximum atomic E-state index is 5.94. The molecule has 6 nitrogen and oxygen atoms in total. The van der Waals surface area contributed by atoms with Crippen LogP contribution in [0.5, 0.6) is 0 Å². The molecular formula is C28H55BN2O4S5. The Morgan fingerprint density at radius 1 is 0.675 bits per heavy atom. The lowest BCUT2D eigenvalue weighted by Crippen LogP contribution is -2.29. The van der Waals surface area contributed by atoms with Crippen LogP contribution in [0.25, 0.3) is 0 Å². The third kappa shape index (κ3) is 27.6. The largest absolute Gasteiger partial charge is 0.457 e. The van der Waals surface area contributed by atoms with Gasteiger partial charge in [-0.2, -0.15) is 0 Å². The molecule has 0 atom stereocenters. The van der Waals surface area contributed by atoms with E-state index in [2.05, 4.69) is 75.3 Å². The van der Waals surface area contributed by atoms with Crippen molar-refractivity contribution in [3.8, 4) is 0 Å². The zero-order valence-electron chi connectivity index (χ0n) is 26.6. The van der Waals surface area contributed by atoms with Crippen molar-refractivity contribution in [3.05, 3.63) is 11.1 Å². The van der Waals surface area contributed by atoms with E-state index >= 15 is 0 Å². The molecule has 0 fully saturated rings. The second kappa shape index (κ2) is 27.3. The Hall–Kier alpha value is 0.735. The molecule has 234 valence electrons. The Morgan fingerprint density at radius 3 is 1.70 bits per heavy atom. The lowest BCUT2D eigenvalue weighted by molar-refractivity contribution is 0.129. The average Bonchev–Trinajstić information content (AvgIpc) is 2.84. The number of hydrogen-bond acceptors (Lipinski definition) is 10. The summed E-state index contributed by atoms with van der Waals surface area (Å²) in [6.45, 7) is 20.7. The standard InChI is InChI=1S/C28H55BN2O4S5/c1-11-15-27(37-18-13-20-39-34-24(6)7)31-28(38-19-14-21-40-35-25(8)9)30-26(10)36-17-12-16-29(32-22(2)3)33-23(4)5/h15,22-25H,11-14,16-21H2,1-10H3/b27-15-,30-26+,31-28+.